The molecule has 2 aliphatic rings. The van der Waals surface area contributed by atoms with Crippen molar-refractivity contribution in [3.8, 4) is 0 Å². The molecule has 1 unspecified atom stereocenters. The number of nitrogens with zero attached hydrogens (tertiary/aromatic N) is 2. The fraction of sp³-hybridized carbons (Fsp3) is 1.00. The highest BCUT2D eigenvalue weighted by atomic mass is 16.5. The number of hydrogen-bond donors (Lipinski definition) is 0. The minimum Gasteiger partial charge on any atom is -0.364 e. The molecular formula is C9H20N2O. The number of piperazine rings is 1. The third-order valence-corrected chi connectivity index (χ3v) is 2.38. The van der Waals surface area contributed by atoms with Gasteiger partial charge in [-0.3, -0.25) is 4.90 Å². The summed E-state index contributed by atoms with van der Waals surface area (Å²) < 4.78 is 5.34. The smallest absolute Gasteiger partial charge is 0.0995 e. The van der Waals surface area contributed by atoms with E-state index in [1.807, 2.05) is 13.8 Å². The number of rotatable bonds is 0. The van der Waals surface area contributed by atoms with E-state index in [0.717, 1.165) is 13.3 Å². The monoisotopic (exact) mass is 172 g/mol. The lowest BCUT2D eigenvalue weighted by Gasteiger charge is -2.33. The van der Waals surface area contributed by atoms with Crippen LogP contribution in [-0.4, -0.2) is 55.9 Å². The molecule has 72 valence electrons. The quantitative estimate of drug-likeness (QED) is 0.532. The van der Waals surface area contributed by atoms with Crippen molar-refractivity contribution in [1.29, 1.82) is 0 Å². The molecule has 3 nitrogen and oxygen atoms in total. The molecule has 12 heavy (non-hydrogen) atoms. The molecule has 2 heterocycles. The molecule has 0 aliphatic carbocycles. The average Bonchev–Trinajstić information content (AvgIpc) is 2.54. The Balaban J connectivity index is 0.000000336. The van der Waals surface area contributed by atoms with Gasteiger partial charge in [-0.25, -0.2) is 0 Å². The van der Waals surface area contributed by atoms with Crippen molar-refractivity contribution in [2.75, 3.05) is 40.0 Å². The molecule has 0 bridgehead atoms. The molecule has 0 radical (unpaired) electrons. The van der Waals surface area contributed by atoms with E-state index in [1.54, 1.807) is 0 Å². The first kappa shape index (κ1) is 9.96. The van der Waals surface area contributed by atoms with Crippen molar-refractivity contribution < 1.29 is 4.74 Å². The van der Waals surface area contributed by atoms with Gasteiger partial charge in [0.2, 0.25) is 0 Å². The van der Waals surface area contributed by atoms with Gasteiger partial charge in [0.15, 0.2) is 0 Å². The predicted molar refractivity (Wildman–Crippen MR) is 50.2 cm³/mol. The molecule has 2 fully saturated rings. The van der Waals surface area contributed by atoms with Crippen LogP contribution in [-0.2, 0) is 4.74 Å². The summed E-state index contributed by atoms with van der Waals surface area (Å²) in [7, 11) is 2.18. The average molecular weight is 172 g/mol. The summed E-state index contributed by atoms with van der Waals surface area (Å²) >= 11 is 0. The van der Waals surface area contributed by atoms with Crippen molar-refractivity contribution in [2.24, 2.45) is 0 Å². The van der Waals surface area contributed by atoms with Gasteiger partial charge < -0.3 is 9.64 Å². The summed E-state index contributed by atoms with van der Waals surface area (Å²) in [5.41, 5.74) is 0. The highest BCUT2D eigenvalue weighted by Gasteiger charge is 2.29. The van der Waals surface area contributed by atoms with Gasteiger partial charge in [0.1, 0.15) is 0 Å². The fourth-order valence-corrected chi connectivity index (χ4v) is 1.68. The Morgan fingerprint density at radius 3 is 2.75 bits per heavy atom. The largest absolute Gasteiger partial charge is 0.364 e. The van der Waals surface area contributed by atoms with E-state index in [4.69, 9.17) is 4.74 Å². The summed E-state index contributed by atoms with van der Waals surface area (Å²) in [6.07, 6.45) is 0. The van der Waals surface area contributed by atoms with Crippen LogP contribution in [0.2, 0.25) is 0 Å². The van der Waals surface area contributed by atoms with Gasteiger partial charge in [-0.05, 0) is 7.05 Å². The lowest BCUT2D eigenvalue weighted by Crippen LogP contribution is -2.49. The van der Waals surface area contributed by atoms with Gasteiger partial charge in [-0.1, -0.05) is 13.8 Å². The second-order valence-electron chi connectivity index (χ2n) is 3.23. The van der Waals surface area contributed by atoms with Crippen LogP contribution in [0.15, 0.2) is 0 Å². The second kappa shape index (κ2) is 4.80. The zero-order chi connectivity index (χ0) is 8.97. The SMILES string of the molecule is CC.CN1CCN2COCC2C1. The molecule has 2 rings (SSSR count). The van der Waals surface area contributed by atoms with Gasteiger partial charge in [-0.2, -0.15) is 0 Å². The van der Waals surface area contributed by atoms with E-state index in [-0.39, 0.29) is 0 Å². The topological polar surface area (TPSA) is 15.7 Å². The summed E-state index contributed by atoms with van der Waals surface area (Å²) in [6.45, 7) is 9.35. The van der Waals surface area contributed by atoms with Crippen molar-refractivity contribution in [3.05, 3.63) is 0 Å². The Labute approximate surface area is 75.3 Å². The van der Waals surface area contributed by atoms with Crippen LogP contribution in [0.1, 0.15) is 13.8 Å². The number of hydrogen-bond acceptors (Lipinski definition) is 3. The van der Waals surface area contributed by atoms with Gasteiger partial charge in [0.25, 0.3) is 0 Å². The van der Waals surface area contributed by atoms with Crippen molar-refractivity contribution in [2.45, 2.75) is 19.9 Å². The molecule has 0 amide bonds. The summed E-state index contributed by atoms with van der Waals surface area (Å²) in [6, 6.07) is 0.679. The Hall–Kier alpha value is -0.120. The summed E-state index contributed by atoms with van der Waals surface area (Å²) in [5, 5.41) is 0. The maximum atomic E-state index is 5.34. The summed E-state index contributed by atoms with van der Waals surface area (Å²) in [4.78, 5) is 4.79. The van der Waals surface area contributed by atoms with E-state index in [2.05, 4.69) is 16.8 Å². The first-order chi connectivity index (χ1) is 5.86. The van der Waals surface area contributed by atoms with Crippen LogP contribution in [0.25, 0.3) is 0 Å². The van der Waals surface area contributed by atoms with Crippen LogP contribution in [0, 0.1) is 0 Å². The van der Waals surface area contributed by atoms with Crippen molar-refractivity contribution >= 4 is 0 Å². The highest BCUT2D eigenvalue weighted by molar-refractivity contribution is 4.82. The van der Waals surface area contributed by atoms with E-state index in [9.17, 15) is 0 Å². The third kappa shape index (κ3) is 2.19. The van der Waals surface area contributed by atoms with Crippen molar-refractivity contribution in [3.63, 3.8) is 0 Å². The minimum atomic E-state index is 0.679. The lowest BCUT2D eigenvalue weighted by molar-refractivity contribution is 0.103. The molecule has 0 aromatic rings. The standard InChI is InChI=1S/C7H14N2O.C2H6/c1-8-2-3-9-6-10-5-7(9)4-8;1-2/h7H,2-6H2,1H3;1-2H3. The molecule has 1 atom stereocenters. The van der Waals surface area contributed by atoms with E-state index < -0.39 is 0 Å². The van der Waals surface area contributed by atoms with Crippen molar-refractivity contribution in [1.82, 2.24) is 9.80 Å². The molecule has 0 aromatic heterocycles. The predicted octanol–water partition coefficient (Wildman–Crippen LogP) is 0.616. The molecule has 3 heteroatoms. The Morgan fingerprint density at radius 2 is 2.00 bits per heavy atom. The molecule has 0 aromatic carbocycles. The van der Waals surface area contributed by atoms with Gasteiger partial charge in [-0.15, -0.1) is 0 Å². The van der Waals surface area contributed by atoms with Gasteiger partial charge in [0, 0.05) is 25.7 Å². The number of fused-ring (bicyclic) bond motifs is 1. The van der Waals surface area contributed by atoms with Crippen LogP contribution < -0.4 is 0 Å². The van der Waals surface area contributed by atoms with E-state index in [0.29, 0.717) is 6.04 Å². The van der Waals surface area contributed by atoms with Gasteiger partial charge >= 0.3 is 0 Å². The fourth-order valence-electron chi connectivity index (χ4n) is 1.68. The van der Waals surface area contributed by atoms with Crippen LogP contribution in [0.3, 0.4) is 0 Å². The maximum absolute atomic E-state index is 5.34. The minimum absolute atomic E-state index is 0.679. The Bertz CT molecular complexity index is 130. The number of likely N-dealkylation sites (N-methyl/N-ethyl adjacent to an activating group) is 1. The first-order valence-corrected chi connectivity index (χ1v) is 4.86. The maximum Gasteiger partial charge on any atom is 0.0995 e. The molecule has 0 N–H and O–H groups in total. The first-order valence-electron chi connectivity index (χ1n) is 4.86. The molecule has 0 saturated carbocycles. The normalized spacial score (nSPS) is 30.8. The highest BCUT2D eigenvalue weighted by Crippen LogP contribution is 2.13. The Morgan fingerprint density at radius 1 is 1.25 bits per heavy atom. The number of ether oxygens (including phenoxy) is 1. The summed E-state index contributed by atoms with van der Waals surface area (Å²) in [5.74, 6) is 0. The molecule has 2 saturated heterocycles. The van der Waals surface area contributed by atoms with Crippen LogP contribution in [0.4, 0.5) is 0 Å². The lowest BCUT2D eigenvalue weighted by atomic mass is 10.2. The second-order valence-corrected chi connectivity index (χ2v) is 3.23. The van der Waals surface area contributed by atoms with E-state index in [1.165, 1.54) is 19.6 Å². The zero-order valence-electron chi connectivity index (χ0n) is 8.42. The van der Waals surface area contributed by atoms with Crippen LogP contribution >= 0.6 is 0 Å². The molecule has 2 aliphatic heterocycles. The Kier molecular flexibility index (Phi) is 3.98. The third-order valence-electron chi connectivity index (χ3n) is 2.38. The molecule has 0 spiro atoms. The van der Waals surface area contributed by atoms with Crippen LogP contribution in [0.5, 0.6) is 0 Å². The van der Waals surface area contributed by atoms with E-state index >= 15 is 0 Å². The van der Waals surface area contributed by atoms with Gasteiger partial charge in [0.05, 0.1) is 13.3 Å². The zero-order valence-corrected chi connectivity index (χ0v) is 8.42. The molecular weight excluding hydrogens is 152 g/mol.